The molecule has 2 heterocycles. The Balaban J connectivity index is 2.44. The highest BCUT2D eigenvalue weighted by molar-refractivity contribution is 14.1. The van der Waals surface area contributed by atoms with Crippen LogP contribution < -0.4 is 11.2 Å². The van der Waals surface area contributed by atoms with Crippen molar-refractivity contribution in [3.63, 3.8) is 0 Å². The van der Waals surface area contributed by atoms with Crippen molar-refractivity contribution < 1.29 is 25.2 Å². The van der Waals surface area contributed by atoms with Crippen LogP contribution >= 0.6 is 22.6 Å². The fourth-order valence-corrected chi connectivity index (χ4v) is 2.40. The summed E-state index contributed by atoms with van der Waals surface area (Å²) in [5.74, 6) is 0. The topological polar surface area (TPSA) is 145 Å². The Kier molecular flexibility index (Phi) is 4.61. The molecule has 0 aliphatic carbocycles. The summed E-state index contributed by atoms with van der Waals surface area (Å²) in [5, 5.41) is 38.3. The van der Waals surface area contributed by atoms with Crippen LogP contribution in [-0.2, 0) is 4.74 Å². The van der Waals surface area contributed by atoms with Gasteiger partial charge in [0.15, 0.2) is 6.23 Å². The summed E-state index contributed by atoms with van der Waals surface area (Å²) in [7, 11) is 0. The average molecular weight is 400 g/mol. The highest BCUT2D eigenvalue weighted by Gasteiger charge is 2.44. The monoisotopic (exact) mass is 400 g/mol. The first-order valence-electron chi connectivity index (χ1n) is 5.68. The van der Waals surface area contributed by atoms with E-state index in [9.17, 15) is 24.9 Å². The third-order valence-corrected chi connectivity index (χ3v) is 3.83. The van der Waals surface area contributed by atoms with Crippen LogP contribution in [-0.4, -0.2) is 61.0 Å². The van der Waals surface area contributed by atoms with Gasteiger partial charge in [-0.15, -0.1) is 0 Å². The zero-order valence-electron chi connectivity index (χ0n) is 10.0. The quantitative estimate of drug-likeness (QED) is 0.335. The molecule has 112 valence electrons. The maximum Gasteiger partial charge on any atom is 0.330 e. The molecular weight excluding hydrogens is 387 g/mol. The molecular formula is C10H13IN2O7. The number of H-pyrrole nitrogens is 1. The lowest BCUT2D eigenvalue weighted by atomic mass is 9.98. The molecule has 20 heavy (non-hydrogen) atoms. The fourth-order valence-electron chi connectivity index (χ4n) is 1.96. The smallest absolute Gasteiger partial charge is 0.330 e. The molecule has 0 aromatic carbocycles. The molecule has 1 fully saturated rings. The second-order valence-electron chi connectivity index (χ2n) is 4.36. The van der Waals surface area contributed by atoms with Crippen molar-refractivity contribution >= 4 is 22.6 Å². The Hall–Kier alpha value is -0.790. The molecule has 1 aromatic heterocycles. The lowest BCUT2D eigenvalue weighted by Crippen LogP contribution is -2.58. The number of nitrogens with zero attached hydrogens (tertiary/aromatic N) is 1. The van der Waals surface area contributed by atoms with E-state index in [1.165, 1.54) is 0 Å². The Bertz CT molecular complexity index is 598. The molecule has 10 heteroatoms. The van der Waals surface area contributed by atoms with Gasteiger partial charge in [-0.25, -0.2) is 4.79 Å². The molecule has 0 saturated carbocycles. The van der Waals surface area contributed by atoms with E-state index in [1.807, 2.05) is 4.98 Å². The van der Waals surface area contributed by atoms with E-state index < -0.39 is 48.5 Å². The molecule has 1 aromatic rings. The SMILES string of the molecule is O=c1[nH]c(=O)n([C@@H]2O[C@H](CO)[C@@H](O)[C@H](O)[C@H]2O)cc1I. The average Bonchev–Trinajstić information content (AvgIpc) is 2.41. The molecule has 0 unspecified atom stereocenters. The first-order chi connectivity index (χ1) is 9.36. The van der Waals surface area contributed by atoms with Crippen molar-refractivity contribution in [3.8, 4) is 0 Å². The predicted octanol–water partition coefficient (Wildman–Crippen LogP) is -2.89. The third kappa shape index (κ3) is 2.66. The van der Waals surface area contributed by atoms with Gasteiger partial charge >= 0.3 is 5.69 Å². The van der Waals surface area contributed by atoms with Crippen LogP contribution in [0, 0.1) is 3.57 Å². The maximum atomic E-state index is 11.7. The minimum atomic E-state index is -1.60. The second-order valence-corrected chi connectivity index (χ2v) is 5.53. The molecule has 0 radical (unpaired) electrons. The van der Waals surface area contributed by atoms with E-state index in [0.717, 1.165) is 10.8 Å². The maximum absolute atomic E-state index is 11.7. The minimum Gasteiger partial charge on any atom is -0.394 e. The second kappa shape index (κ2) is 5.91. The van der Waals surface area contributed by atoms with E-state index in [0.29, 0.717) is 0 Å². The zero-order chi connectivity index (χ0) is 15.0. The normalized spacial score (nSPS) is 34.1. The van der Waals surface area contributed by atoms with Gasteiger partial charge in [0.05, 0.1) is 10.2 Å². The predicted molar refractivity (Wildman–Crippen MR) is 73.1 cm³/mol. The van der Waals surface area contributed by atoms with E-state index in [4.69, 9.17) is 9.84 Å². The van der Waals surface area contributed by atoms with Gasteiger partial charge in [0.1, 0.15) is 24.4 Å². The number of aromatic amines is 1. The van der Waals surface area contributed by atoms with Crippen molar-refractivity contribution in [2.45, 2.75) is 30.6 Å². The third-order valence-electron chi connectivity index (χ3n) is 3.07. The summed E-state index contributed by atoms with van der Waals surface area (Å²) >= 11 is 1.69. The standard InChI is InChI=1S/C10H13IN2O7/c11-3-1-13(10(19)12-8(3)18)9-7(17)6(16)5(15)4(2-14)20-9/h1,4-7,9,14-17H,2H2,(H,12,18,19)/t4-,5-,6+,7-,9-/m1/s1. The van der Waals surface area contributed by atoms with Gasteiger partial charge in [-0.05, 0) is 22.6 Å². The van der Waals surface area contributed by atoms with Crippen molar-refractivity contribution in [1.29, 1.82) is 0 Å². The number of aliphatic hydroxyl groups excluding tert-OH is 4. The van der Waals surface area contributed by atoms with E-state index in [2.05, 4.69) is 0 Å². The number of aromatic nitrogens is 2. The molecule has 0 bridgehead atoms. The summed E-state index contributed by atoms with van der Waals surface area (Å²) in [4.78, 5) is 25.0. The minimum absolute atomic E-state index is 0.180. The van der Waals surface area contributed by atoms with Crippen LogP contribution in [0.5, 0.6) is 0 Å². The lowest BCUT2D eigenvalue weighted by molar-refractivity contribution is -0.252. The molecule has 1 aliphatic heterocycles. The molecule has 5 atom stereocenters. The largest absolute Gasteiger partial charge is 0.394 e. The summed E-state index contributed by atoms with van der Waals surface area (Å²) in [6.07, 6.45) is -5.99. The fraction of sp³-hybridized carbons (Fsp3) is 0.600. The molecule has 5 N–H and O–H groups in total. The Labute approximate surface area is 125 Å². The van der Waals surface area contributed by atoms with Gasteiger partial charge in [0.2, 0.25) is 0 Å². The molecule has 1 aliphatic rings. The van der Waals surface area contributed by atoms with Gasteiger partial charge in [-0.3, -0.25) is 14.3 Å². The van der Waals surface area contributed by atoms with E-state index in [-0.39, 0.29) is 3.57 Å². The Morgan fingerprint density at radius 2 is 1.90 bits per heavy atom. The molecule has 0 amide bonds. The number of rotatable bonds is 2. The number of halogens is 1. The number of ether oxygens (including phenoxy) is 1. The highest BCUT2D eigenvalue weighted by atomic mass is 127. The van der Waals surface area contributed by atoms with Gasteiger partial charge in [0.25, 0.3) is 5.56 Å². The number of nitrogens with one attached hydrogen (secondary N) is 1. The molecule has 2 rings (SSSR count). The zero-order valence-corrected chi connectivity index (χ0v) is 12.2. The number of aliphatic hydroxyl groups is 4. The van der Waals surface area contributed by atoms with E-state index in [1.54, 1.807) is 22.6 Å². The summed E-state index contributed by atoms with van der Waals surface area (Å²) < 4.78 is 6.29. The van der Waals surface area contributed by atoms with Gasteiger partial charge in [-0.1, -0.05) is 0 Å². The van der Waals surface area contributed by atoms with Crippen LogP contribution in [0.25, 0.3) is 0 Å². The Morgan fingerprint density at radius 3 is 2.50 bits per heavy atom. The van der Waals surface area contributed by atoms with Crippen molar-refractivity contribution in [3.05, 3.63) is 30.6 Å². The van der Waals surface area contributed by atoms with Gasteiger partial charge in [0, 0.05) is 6.20 Å². The number of hydrogen-bond donors (Lipinski definition) is 5. The van der Waals surface area contributed by atoms with Crippen LogP contribution in [0.2, 0.25) is 0 Å². The summed E-state index contributed by atoms with van der Waals surface area (Å²) in [6, 6.07) is 0. The molecule has 0 spiro atoms. The van der Waals surface area contributed by atoms with Crippen molar-refractivity contribution in [2.75, 3.05) is 6.61 Å². The molecule has 1 saturated heterocycles. The molecule has 9 nitrogen and oxygen atoms in total. The first-order valence-corrected chi connectivity index (χ1v) is 6.76. The van der Waals surface area contributed by atoms with Crippen LogP contribution in [0.15, 0.2) is 15.8 Å². The van der Waals surface area contributed by atoms with Crippen molar-refractivity contribution in [1.82, 2.24) is 9.55 Å². The Morgan fingerprint density at radius 1 is 1.25 bits per heavy atom. The highest BCUT2D eigenvalue weighted by Crippen LogP contribution is 2.27. The van der Waals surface area contributed by atoms with E-state index >= 15 is 0 Å². The summed E-state index contributed by atoms with van der Waals surface area (Å²) in [5.41, 5.74) is -1.42. The van der Waals surface area contributed by atoms with Crippen molar-refractivity contribution in [2.24, 2.45) is 0 Å². The van der Waals surface area contributed by atoms with Gasteiger partial charge < -0.3 is 25.2 Å². The van der Waals surface area contributed by atoms with Crippen LogP contribution in [0.4, 0.5) is 0 Å². The van der Waals surface area contributed by atoms with Crippen LogP contribution in [0.3, 0.4) is 0 Å². The van der Waals surface area contributed by atoms with Crippen LogP contribution in [0.1, 0.15) is 6.23 Å². The number of hydrogen-bond acceptors (Lipinski definition) is 7. The van der Waals surface area contributed by atoms with Gasteiger partial charge in [-0.2, -0.15) is 0 Å². The first kappa shape index (κ1) is 15.6. The lowest BCUT2D eigenvalue weighted by Gasteiger charge is -2.40. The summed E-state index contributed by atoms with van der Waals surface area (Å²) in [6.45, 7) is -0.601.